The highest BCUT2D eigenvalue weighted by Gasteiger charge is 2.06. The van der Waals surface area contributed by atoms with Crippen molar-refractivity contribution in [3.8, 4) is 0 Å². The highest BCUT2D eigenvalue weighted by molar-refractivity contribution is 9.10. The maximum atomic E-state index is 11.0. The van der Waals surface area contributed by atoms with Crippen LogP contribution in [-0.4, -0.2) is 7.11 Å². The van der Waals surface area contributed by atoms with E-state index in [1.54, 1.807) is 12.1 Å². The molecule has 1 aromatic carbocycles. The molecule has 2 nitrogen and oxygen atoms in total. The van der Waals surface area contributed by atoms with Crippen molar-refractivity contribution in [2.75, 3.05) is 7.11 Å². The lowest BCUT2D eigenvalue weighted by Gasteiger charge is -2.05. The molecule has 0 bridgehead atoms. The third-order valence-electron chi connectivity index (χ3n) is 1.33. The molecule has 11 heavy (non-hydrogen) atoms. The summed E-state index contributed by atoms with van der Waals surface area (Å²) in [6.07, 6.45) is -1.08. The summed E-state index contributed by atoms with van der Waals surface area (Å²) in [4.78, 5) is 0. The molecule has 0 aromatic heterocycles. The van der Waals surface area contributed by atoms with Gasteiger partial charge in [0.2, 0.25) is 6.29 Å². The fraction of sp³-hybridized carbons (Fsp3) is 0.250. The zero-order valence-electron chi connectivity index (χ0n) is 6.08. The fourth-order valence-corrected chi connectivity index (χ4v) is 1.21. The first-order chi connectivity index (χ1) is 5.24. The Bertz CT molecular complexity index is 237. The van der Waals surface area contributed by atoms with Crippen LogP contribution in [-0.2, 0) is 9.84 Å². The molecule has 0 aliphatic carbocycles. The van der Waals surface area contributed by atoms with E-state index in [1.165, 1.54) is 7.11 Å². The number of hydrogen-bond donors (Lipinski definition) is 0. The summed E-state index contributed by atoms with van der Waals surface area (Å²) < 4.78 is 5.51. The van der Waals surface area contributed by atoms with Gasteiger partial charge in [-0.15, -0.1) is 0 Å². The number of halogens is 1. The topological polar surface area (TPSA) is 29.1 Å². The molecule has 0 amide bonds. The van der Waals surface area contributed by atoms with Gasteiger partial charge in [0.1, 0.15) is 0 Å². The Morgan fingerprint density at radius 1 is 1.55 bits per heavy atom. The standard InChI is InChI=1S/C8H8BrO2/c1-11-8(10)6-3-2-4-7(9)5-6/h2-5,8H,1H3. The maximum absolute atomic E-state index is 11.0. The zero-order valence-corrected chi connectivity index (χ0v) is 7.67. The van der Waals surface area contributed by atoms with Crippen LogP contribution in [0, 0.1) is 0 Å². The Kier molecular flexibility index (Phi) is 3.05. The van der Waals surface area contributed by atoms with E-state index in [1.807, 2.05) is 12.1 Å². The molecule has 0 saturated heterocycles. The second-order valence-corrected chi connectivity index (χ2v) is 3.04. The molecule has 0 heterocycles. The average Bonchev–Trinajstić information content (AvgIpc) is 2.03. The highest BCUT2D eigenvalue weighted by Crippen LogP contribution is 2.18. The molecule has 3 heteroatoms. The van der Waals surface area contributed by atoms with E-state index in [0.29, 0.717) is 5.56 Å². The number of rotatable bonds is 2. The van der Waals surface area contributed by atoms with Crippen LogP contribution in [0.5, 0.6) is 0 Å². The Morgan fingerprint density at radius 2 is 2.27 bits per heavy atom. The maximum Gasteiger partial charge on any atom is 0.217 e. The van der Waals surface area contributed by atoms with Crippen molar-refractivity contribution >= 4 is 15.9 Å². The van der Waals surface area contributed by atoms with Crippen LogP contribution in [0.2, 0.25) is 0 Å². The van der Waals surface area contributed by atoms with Crippen molar-refractivity contribution in [3.05, 3.63) is 34.3 Å². The van der Waals surface area contributed by atoms with Crippen molar-refractivity contribution in [2.24, 2.45) is 0 Å². The van der Waals surface area contributed by atoms with Crippen molar-refractivity contribution in [2.45, 2.75) is 6.29 Å². The van der Waals surface area contributed by atoms with Gasteiger partial charge in [-0.25, -0.2) is 0 Å². The van der Waals surface area contributed by atoms with Crippen LogP contribution in [0.3, 0.4) is 0 Å². The van der Waals surface area contributed by atoms with Gasteiger partial charge in [-0.2, -0.15) is 5.11 Å². The molecule has 1 rings (SSSR count). The third-order valence-corrected chi connectivity index (χ3v) is 1.83. The van der Waals surface area contributed by atoms with Crippen LogP contribution in [0.1, 0.15) is 11.9 Å². The van der Waals surface area contributed by atoms with E-state index >= 15 is 0 Å². The van der Waals surface area contributed by atoms with E-state index < -0.39 is 6.29 Å². The second-order valence-electron chi connectivity index (χ2n) is 2.12. The summed E-state index contributed by atoms with van der Waals surface area (Å²) in [5, 5.41) is 11.0. The molecule has 0 saturated carbocycles. The monoisotopic (exact) mass is 215 g/mol. The van der Waals surface area contributed by atoms with Crippen LogP contribution < -0.4 is 0 Å². The SMILES string of the molecule is COC([O])c1cccc(Br)c1. The molecule has 0 aliphatic heterocycles. The summed E-state index contributed by atoms with van der Waals surface area (Å²) in [7, 11) is 1.40. The van der Waals surface area contributed by atoms with Gasteiger partial charge < -0.3 is 4.74 Å². The van der Waals surface area contributed by atoms with E-state index in [4.69, 9.17) is 0 Å². The first-order valence-electron chi connectivity index (χ1n) is 3.18. The van der Waals surface area contributed by atoms with Crippen molar-refractivity contribution in [3.63, 3.8) is 0 Å². The van der Waals surface area contributed by atoms with Gasteiger partial charge in [-0.1, -0.05) is 28.1 Å². The Hall–Kier alpha value is -0.380. The van der Waals surface area contributed by atoms with Gasteiger partial charge in [-0.3, -0.25) is 0 Å². The number of methoxy groups -OCH3 is 1. The van der Waals surface area contributed by atoms with Gasteiger partial charge >= 0.3 is 0 Å². The van der Waals surface area contributed by atoms with Crippen molar-refractivity contribution in [1.82, 2.24) is 0 Å². The minimum absolute atomic E-state index is 0.641. The number of hydrogen-bond acceptors (Lipinski definition) is 1. The van der Waals surface area contributed by atoms with E-state index in [0.717, 1.165) is 4.47 Å². The van der Waals surface area contributed by atoms with Crippen molar-refractivity contribution < 1.29 is 9.84 Å². The first-order valence-corrected chi connectivity index (χ1v) is 3.97. The molecule has 59 valence electrons. The first kappa shape index (κ1) is 8.71. The van der Waals surface area contributed by atoms with Crippen LogP contribution in [0.25, 0.3) is 0 Å². The lowest BCUT2D eigenvalue weighted by atomic mass is 10.2. The van der Waals surface area contributed by atoms with Gasteiger partial charge in [0, 0.05) is 17.1 Å². The predicted molar refractivity (Wildman–Crippen MR) is 44.6 cm³/mol. The summed E-state index contributed by atoms with van der Waals surface area (Å²) in [6, 6.07) is 7.17. The Balaban J connectivity index is 2.86. The molecule has 0 aliphatic rings. The smallest absolute Gasteiger partial charge is 0.217 e. The molecular weight excluding hydrogens is 208 g/mol. The Morgan fingerprint density at radius 3 is 2.82 bits per heavy atom. The molecule has 0 fully saturated rings. The van der Waals surface area contributed by atoms with Gasteiger partial charge in [0.25, 0.3) is 0 Å². The van der Waals surface area contributed by atoms with Gasteiger partial charge in [-0.05, 0) is 12.1 Å². The van der Waals surface area contributed by atoms with Gasteiger partial charge in [0.15, 0.2) is 0 Å². The highest BCUT2D eigenvalue weighted by atomic mass is 79.9. The van der Waals surface area contributed by atoms with Crippen molar-refractivity contribution in [1.29, 1.82) is 0 Å². The quantitative estimate of drug-likeness (QED) is 0.698. The number of benzene rings is 1. The molecule has 1 unspecified atom stereocenters. The molecule has 1 radical (unpaired) electrons. The van der Waals surface area contributed by atoms with Crippen LogP contribution >= 0.6 is 15.9 Å². The molecule has 0 N–H and O–H groups in total. The summed E-state index contributed by atoms with van der Waals surface area (Å²) in [5.41, 5.74) is 0.641. The van der Waals surface area contributed by atoms with E-state index in [9.17, 15) is 5.11 Å². The molecule has 1 atom stereocenters. The molecular formula is C8H8BrO2. The molecule has 1 aromatic rings. The second kappa shape index (κ2) is 3.85. The lowest BCUT2D eigenvalue weighted by Crippen LogP contribution is -1.96. The van der Waals surface area contributed by atoms with E-state index in [2.05, 4.69) is 20.7 Å². The lowest BCUT2D eigenvalue weighted by molar-refractivity contribution is -0.123. The molecule has 0 spiro atoms. The third kappa shape index (κ3) is 2.29. The minimum atomic E-state index is -1.08. The van der Waals surface area contributed by atoms with Crippen LogP contribution in [0.4, 0.5) is 0 Å². The summed E-state index contributed by atoms with van der Waals surface area (Å²) >= 11 is 3.27. The summed E-state index contributed by atoms with van der Waals surface area (Å²) in [6.45, 7) is 0. The fourth-order valence-electron chi connectivity index (χ4n) is 0.789. The average molecular weight is 216 g/mol. The zero-order chi connectivity index (χ0) is 8.27. The predicted octanol–water partition coefficient (Wildman–Crippen LogP) is 2.52. The van der Waals surface area contributed by atoms with Gasteiger partial charge in [0.05, 0.1) is 0 Å². The normalized spacial score (nSPS) is 13.0. The number of ether oxygens (including phenoxy) is 1. The van der Waals surface area contributed by atoms with Crippen LogP contribution in [0.15, 0.2) is 28.7 Å². The van der Waals surface area contributed by atoms with E-state index in [-0.39, 0.29) is 0 Å². The largest absolute Gasteiger partial charge is 0.349 e. The summed E-state index contributed by atoms with van der Waals surface area (Å²) in [5.74, 6) is 0. The Labute approximate surface area is 73.9 Å². The minimum Gasteiger partial charge on any atom is -0.349 e.